The smallest absolute Gasteiger partial charge is 0.306 e. The zero-order chi connectivity index (χ0) is 59.9. The number of unbranched alkanes of at least 4 members (excludes halogenated alkanes) is 44. The number of hydrogen-bond donors (Lipinski definition) is 0. The van der Waals surface area contributed by atoms with Crippen LogP contribution in [-0.2, 0) is 28.6 Å². The summed E-state index contributed by atoms with van der Waals surface area (Å²) in [6, 6.07) is 0. The Morgan fingerprint density at radius 1 is 0.241 bits per heavy atom. The van der Waals surface area contributed by atoms with Crippen LogP contribution in [0.4, 0.5) is 0 Å². The second-order valence-corrected chi connectivity index (χ2v) is 24.5. The molecule has 0 saturated carbocycles. The van der Waals surface area contributed by atoms with E-state index in [9.17, 15) is 14.4 Å². The standard InChI is InChI=1S/C77H138O6/c1-4-7-10-13-16-19-22-25-27-29-31-33-34-35-36-37-38-39-40-41-42-44-45-47-49-52-55-58-61-64-67-70-76(79)82-73-74(72-81-75(78)69-66-63-60-57-54-51-24-21-18-15-12-9-6-3)83-77(80)71-68-65-62-59-56-53-50-48-46-43-32-30-28-26-23-20-17-14-11-8-5-2/h12,15,21,23-24,26,29-32,46,48,74H,4-11,13-14,16-20,22,25,27-28,33-45,47,49-73H2,1-3H3/b15-12-,24-21-,26-23-,31-29-,32-30-,48-46-. The Hall–Kier alpha value is -3.15. The SMILES string of the molecule is CCC/C=C\C/C=C\CCCCCCCC(=O)OCC(COC(=O)CCCCCCCCCCCCCCCCCCCCC/C=C\CCCCCCCCCC)OC(=O)CCCCCCCC/C=C\C/C=C\C/C=C\CCCCCCC. The molecule has 0 aromatic rings. The van der Waals surface area contributed by atoms with Crippen LogP contribution in [0.5, 0.6) is 0 Å². The second-order valence-electron chi connectivity index (χ2n) is 24.5. The largest absolute Gasteiger partial charge is 0.462 e. The average molecular weight is 1160 g/mol. The summed E-state index contributed by atoms with van der Waals surface area (Å²) < 4.78 is 17.0. The number of ether oxygens (including phenoxy) is 3. The molecule has 0 aliphatic heterocycles. The van der Waals surface area contributed by atoms with Crippen molar-refractivity contribution in [3.63, 3.8) is 0 Å². The molecule has 0 heterocycles. The first-order chi connectivity index (χ1) is 41.0. The molecule has 0 N–H and O–H groups in total. The minimum absolute atomic E-state index is 0.0826. The van der Waals surface area contributed by atoms with E-state index in [4.69, 9.17) is 14.2 Å². The van der Waals surface area contributed by atoms with Crippen LogP contribution in [0.2, 0.25) is 0 Å². The predicted octanol–water partition coefficient (Wildman–Crippen LogP) is 25.2. The highest BCUT2D eigenvalue weighted by Gasteiger charge is 2.19. The van der Waals surface area contributed by atoms with Gasteiger partial charge >= 0.3 is 17.9 Å². The van der Waals surface area contributed by atoms with Gasteiger partial charge in [-0.3, -0.25) is 14.4 Å². The molecule has 6 heteroatoms. The summed E-state index contributed by atoms with van der Waals surface area (Å²) in [5, 5.41) is 0. The summed E-state index contributed by atoms with van der Waals surface area (Å²) >= 11 is 0. The molecule has 0 amide bonds. The van der Waals surface area contributed by atoms with Crippen molar-refractivity contribution < 1.29 is 28.6 Å². The fraction of sp³-hybridized carbons (Fsp3) is 0.805. The third-order valence-corrected chi connectivity index (χ3v) is 16.1. The lowest BCUT2D eigenvalue weighted by molar-refractivity contribution is -0.167. The van der Waals surface area contributed by atoms with E-state index in [0.717, 1.165) is 109 Å². The topological polar surface area (TPSA) is 78.9 Å². The Morgan fingerprint density at radius 2 is 0.458 bits per heavy atom. The van der Waals surface area contributed by atoms with Crippen LogP contribution in [0.25, 0.3) is 0 Å². The fourth-order valence-electron chi connectivity index (χ4n) is 10.7. The molecule has 1 unspecified atom stereocenters. The van der Waals surface area contributed by atoms with Crippen LogP contribution in [0, 0.1) is 0 Å². The molecule has 0 radical (unpaired) electrons. The summed E-state index contributed by atoms with van der Waals surface area (Å²) in [5.74, 6) is -0.891. The molecule has 0 aliphatic rings. The Labute approximate surface area is 516 Å². The number of allylic oxidation sites excluding steroid dienone is 12. The summed E-state index contributed by atoms with van der Waals surface area (Å²) in [6.45, 7) is 6.59. The maximum Gasteiger partial charge on any atom is 0.306 e. The first-order valence-electron chi connectivity index (χ1n) is 36.4. The Bertz CT molecular complexity index is 1520. The molecular weight excluding hydrogens is 1020 g/mol. The van der Waals surface area contributed by atoms with Gasteiger partial charge in [0.1, 0.15) is 13.2 Å². The Morgan fingerprint density at radius 3 is 0.735 bits per heavy atom. The van der Waals surface area contributed by atoms with Crippen molar-refractivity contribution >= 4 is 17.9 Å². The van der Waals surface area contributed by atoms with Gasteiger partial charge in [-0.2, -0.15) is 0 Å². The predicted molar refractivity (Wildman–Crippen MR) is 362 cm³/mol. The van der Waals surface area contributed by atoms with Crippen LogP contribution in [-0.4, -0.2) is 37.2 Å². The van der Waals surface area contributed by atoms with Crippen molar-refractivity contribution in [2.45, 2.75) is 386 Å². The van der Waals surface area contributed by atoms with Crippen molar-refractivity contribution in [1.29, 1.82) is 0 Å². The molecule has 0 aromatic heterocycles. The van der Waals surface area contributed by atoms with Crippen molar-refractivity contribution in [2.75, 3.05) is 13.2 Å². The lowest BCUT2D eigenvalue weighted by Crippen LogP contribution is -2.30. The van der Waals surface area contributed by atoms with Crippen LogP contribution in [0.1, 0.15) is 380 Å². The third-order valence-electron chi connectivity index (χ3n) is 16.1. The molecule has 0 spiro atoms. The van der Waals surface area contributed by atoms with E-state index in [1.807, 2.05) is 0 Å². The third kappa shape index (κ3) is 69.5. The first-order valence-corrected chi connectivity index (χ1v) is 36.4. The molecular formula is C77H138O6. The highest BCUT2D eigenvalue weighted by Crippen LogP contribution is 2.18. The highest BCUT2D eigenvalue weighted by atomic mass is 16.6. The van der Waals surface area contributed by atoms with E-state index >= 15 is 0 Å². The molecule has 0 saturated heterocycles. The molecule has 0 rings (SSSR count). The first kappa shape index (κ1) is 79.8. The van der Waals surface area contributed by atoms with Crippen molar-refractivity contribution in [3.8, 4) is 0 Å². The summed E-state index contributed by atoms with van der Waals surface area (Å²) in [7, 11) is 0. The highest BCUT2D eigenvalue weighted by molar-refractivity contribution is 5.71. The molecule has 0 fully saturated rings. The minimum Gasteiger partial charge on any atom is -0.462 e. The van der Waals surface area contributed by atoms with E-state index in [1.54, 1.807) is 0 Å². The number of carbonyl (C=O) groups is 3. The maximum atomic E-state index is 12.9. The molecule has 0 aromatic carbocycles. The molecule has 1 atom stereocenters. The number of hydrogen-bond acceptors (Lipinski definition) is 6. The number of carbonyl (C=O) groups excluding carboxylic acids is 3. The quantitative estimate of drug-likeness (QED) is 0.0261. The Kier molecular flexibility index (Phi) is 68.6. The van der Waals surface area contributed by atoms with Gasteiger partial charge in [-0.05, 0) is 109 Å². The van der Waals surface area contributed by atoms with Crippen LogP contribution in [0.3, 0.4) is 0 Å². The van der Waals surface area contributed by atoms with Crippen molar-refractivity contribution in [2.24, 2.45) is 0 Å². The summed E-state index contributed by atoms with van der Waals surface area (Å²) in [6.07, 6.45) is 93.8. The summed E-state index contributed by atoms with van der Waals surface area (Å²) in [4.78, 5) is 38.4. The van der Waals surface area contributed by atoms with Gasteiger partial charge in [0, 0.05) is 19.3 Å². The zero-order valence-electron chi connectivity index (χ0n) is 55.5. The van der Waals surface area contributed by atoms with Gasteiger partial charge in [-0.25, -0.2) is 0 Å². The number of rotatable bonds is 67. The van der Waals surface area contributed by atoms with Crippen molar-refractivity contribution in [3.05, 3.63) is 72.9 Å². The second kappa shape index (κ2) is 71.3. The molecule has 482 valence electrons. The lowest BCUT2D eigenvalue weighted by Gasteiger charge is -2.18. The van der Waals surface area contributed by atoms with Gasteiger partial charge < -0.3 is 14.2 Å². The number of esters is 3. The minimum atomic E-state index is -0.789. The van der Waals surface area contributed by atoms with E-state index in [-0.39, 0.29) is 31.1 Å². The van der Waals surface area contributed by atoms with Gasteiger partial charge in [0.05, 0.1) is 0 Å². The Balaban J connectivity index is 4.21. The van der Waals surface area contributed by atoms with Gasteiger partial charge in [0.25, 0.3) is 0 Å². The van der Waals surface area contributed by atoms with Gasteiger partial charge in [0.15, 0.2) is 6.10 Å². The molecule has 83 heavy (non-hydrogen) atoms. The molecule has 6 nitrogen and oxygen atoms in total. The van der Waals surface area contributed by atoms with E-state index in [2.05, 4.69) is 93.7 Å². The maximum absolute atomic E-state index is 12.9. The lowest BCUT2D eigenvalue weighted by atomic mass is 10.0. The normalized spacial score (nSPS) is 12.5. The van der Waals surface area contributed by atoms with E-state index < -0.39 is 6.10 Å². The zero-order valence-corrected chi connectivity index (χ0v) is 55.5. The van der Waals surface area contributed by atoms with Crippen LogP contribution < -0.4 is 0 Å². The van der Waals surface area contributed by atoms with Crippen LogP contribution in [0.15, 0.2) is 72.9 Å². The molecule has 0 bridgehead atoms. The van der Waals surface area contributed by atoms with Crippen LogP contribution >= 0.6 is 0 Å². The molecule has 0 aliphatic carbocycles. The summed E-state index contributed by atoms with van der Waals surface area (Å²) in [5.41, 5.74) is 0. The van der Waals surface area contributed by atoms with Gasteiger partial charge in [-0.1, -0.05) is 325 Å². The van der Waals surface area contributed by atoms with E-state index in [1.165, 1.54) is 231 Å². The average Bonchev–Trinajstić information content (AvgIpc) is 3.49. The van der Waals surface area contributed by atoms with E-state index in [0.29, 0.717) is 19.3 Å². The fourth-order valence-corrected chi connectivity index (χ4v) is 10.7. The van der Waals surface area contributed by atoms with Gasteiger partial charge in [0.2, 0.25) is 0 Å². The van der Waals surface area contributed by atoms with Gasteiger partial charge in [-0.15, -0.1) is 0 Å². The van der Waals surface area contributed by atoms with Crippen molar-refractivity contribution in [1.82, 2.24) is 0 Å². The monoisotopic (exact) mass is 1160 g/mol.